The number of nitrogens with one attached hydrogen (secondary N) is 3. The van der Waals surface area contributed by atoms with Crippen LogP contribution in [0.25, 0.3) is 0 Å². The van der Waals surface area contributed by atoms with E-state index < -0.39 is 17.7 Å². The number of piperidine rings is 1. The number of hydrogen-bond donors (Lipinski definition) is 3. The molecule has 3 N–H and O–H groups in total. The standard InChI is InChI=1S/C32H41N5O4/c1-24(38)35-28-14-12-26(13-15-28)21-34-29(20-25-8-4-2-5-9-25)30(39)36-32(23-33)16-18-37(19-17-32)31(40)41-22-27-10-6-3-7-11-27/h3,6-7,10-15,25,29,34H,2,4-5,8-9,16-22H2,1H3,(H,35,38)(H,36,39). The summed E-state index contributed by atoms with van der Waals surface area (Å²) >= 11 is 0. The summed E-state index contributed by atoms with van der Waals surface area (Å²) in [4.78, 5) is 39.2. The molecule has 218 valence electrons. The molecule has 0 aromatic heterocycles. The molecule has 9 nitrogen and oxygen atoms in total. The molecule has 9 heteroatoms. The van der Waals surface area contributed by atoms with Gasteiger partial charge in [0.15, 0.2) is 0 Å². The van der Waals surface area contributed by atoms with Crippen molar-refractivity contribution in [2.45, 2.75) is 83.0 Å². The highest BCUT2D eigenvalue weighted by Gasteiger charge is 2.39. The molecule has 2 aromatic carbocycles. The van der Waals surface area contributed by atoms with Crippen molar-refractivity contribution in [2.75, 3.05) is 18.4 Å². The van der Waals surface area contributed by atoms with Crippen LogP contribution in [-0.2, 0) is 27.5 Å². The zero-order valence-electron chi connectivity index (χ0n) is 23.9. The highest BCUT2D eigenvalue weighted by atomic mass is 16.6. The van der Waals surface area contributed by atoms with Gasteiger partial charge in [0.2, 0.25) is 11.8 Å². The number of amides is 3. The van der Waals surface area contributed by atoms with Gasteiger partial charge in [0, 0.05) is 45.1 Å². The number of likely N-dealkylation sites (tertiary alicyclic amines) is 1. The molecule has 1 heterocycles. The third-order valence-electron chi connectivity index (χ3n) is 8.09. The van der Waals surface area contributed by atoms with Gasteiger partial charge in [-0.2, -0.15) is 5.26 Å². The van der Waals surface area contributed by atoms with E-state index >= 15 is 0 Å². The molecule has 1 aliphatic heterocycles. The maximum Gasteiger partial charge on any atom is 0.410 e. The van der Waals surface area contributed by atoms with Crippen molar-refractivity contribution in [2.24, 2.45) is 5.92 Å². The average molecular weight is 560 g/mol. The van der Waals surface area contributed by atoms with Gasteiger partial charge in [-0.25, -0.2) is 4.79 Å². The normalized spacial score (nSPS) is 17.6. The lowest BCUT2D eigenvalue weighted by Crippen LogP contribution is -2.59. The van der Waals surface area contributed by atoms with Crippen molar-refractivity contribution in [1.82, 2.24) is 15.5 Å². The summed E-state index contributed by atoms with van der Waals surface area (Å²) in [5.41, 5.74) is 1.61. The molecule has 2 aromatic rings. The molecule has 2 fully saturated rings. The van der Waals surface area contributed by atoms with Crippen molar-refractivity contribution in [3.05, 3.63) is 65.7 Å². The van der Waals surface area contributed by atoms with Crippen LogP contribution in [-0.4, -0.2) is 47.5 Å². The predicted octanol–water partition coefficient (Wildman–Crippen LogP) is 4.88. The summed E-state index contributed by atoms with van der Waals surface area (Å²) in [6.07, 6.45) is 6.82. The Morgan fingerprint density at radius 2 is 1.68 bits per heavy atom. The van der Waals surface area contributed by atoms with E-state index in [-0.39, 0.29) is 18.4 Å². The molecule has 1 aliphatic carbocycles. The molecule has 1 atom stereocenters. The van der Waals surface area contributed by atoms with Crippen molar-refractivity contribution >= 4 is 23.6 Å². The van der Waals surface area contributed by atoms with Crippen molar-refractivity contribution in [3.8, 4) is 6.07 Å². The minimum atomic E-state index is -1.03. The molecular formula is C32H41N5O4. The van der Waals surface area contributed by atoms with E-state index in [0.29, 0.717) is 38.4 Å². The van der Waals surface area contributed by atoms with Crippen LogP contribution in [0.1, 0.15) is 69.4 Å². The summed E-state index contributed by atoms with van der Waals surface area (Å²) in [7, 11) is 0. The van der Waals surface area contributed by atoms with Crippen LogP contribution < -0.4 is 16.0 Å². The lowest BCUT2D eigenvalue weighted by Gasteiger charge is -2.38. The van der Waals surface area contributed by atoms with E-state index in [1.54, 1.807) is 4.90 Å². The van der Waals surface area contributed by atoms with Gasteiger partial charge < -0.3 is 25.6 Å². The molecule has 1 saturated heterocycles. The Morgan fingerprint density at radius 1 is 1.00 bits per heavy atom. The molecule has 3 amide bonds. The number of rotatable bonds is 10. The second kappa shape index (κ2) is 14.6. The van der Waals surface area contributed by atoms with Gasteiger partial charge >= 0.3 is 6.09 Å². The minimum absolute atomic E-state index is 0.124. The lowest BCUT2D eigenvalue weighted by atomic mass is 9.84. The Balaban J connectivity index is 1.34. The smallest absolute Gasteiger partial charge is 0.410 e. The van der Waals surface area contributed by atoms with Crippen LogP contribution in [0.4, 0.5) is 10.5 Å². The Bertz CT molecular complexity index is 1200. The van der Waals surface area contributed by atoms with E-state index in [9.17, 15) is 19.6 Å². The number of ether oxygens (including phenoxy) is 1. The summed E-state index contributed by atoms with van der Waals surface area (Å²) in [5.74, 6) is 0.168. The zero-order chi connectivity index (χ0) is 29.1. The monoisotopic (exact) mass is 559 g/mol. The number of carbonyl (C=O) groups excluding carboxylic acids is 3. The largest absolute Gasteiger partial charge is 0.445 e. The van der Waals surface area contributed by atoms with Gasteiger partial charge in [-0.15, -0.1) is 0 Å². The molecule has 0 bridgehead atoms. The van der Waals surface area contributed by atoms with Crippen LogP contribution in [0.2, 0.25) is 0 Å². The van der Waals surface area contributed by atoms with Gasteiger partial charge in [0.05, 0.1) is 12.1 Å². The predicted molar refractivity (Wildman–Crippen MR) is 156 cm³/mol. The van der Waals surface area contributed by atoms with E-state index in [1.165, 1.54) is 26.2 Å². The van der Waals surface area contributed by atoms with Crippen LogP contribution in [0, 0.1) is 17.2 Å². The quantitative estimate of drug-likeness (QED) is 0.381. The second-order valence-electron chi connectivity index (χ2n) is 11.3. The minimum Gasteiger partial charge on any atom is -0.445 e. The van der Waals surface area contributed by atoms with Crippen molar-refractivity contribution in [3.63, 3.8) is 0 Å². The lowest BCUT2D eigenvalue weighted by molar-refractivity contribution is -0.125. The molecule has 41 heavy (non-hydrogen) atoms. The van der Waals surface area contributed by atoms with Crippen LogP contribution >= 0.6 is 0 Å². The topological polar surface area (TPSA) is 124 Å². The van der Waals surface area contributed by atoms with Gasteiger partial charge in [-0.05, 0) is 35.6 Å². The first kappa shape index (κ1) is 30.1. The first-order valence-corrected chi connectivity index (χ1v) is 14.6. The number of nitrogens with zero attached hydrogens (tertiary/aromatic N) is 2. The Morgan fingerprint density at radius 3 is 2.32 bits per heavy atom. The number of carbonyl (C=O) groups is 3. The molecular weight excluding hydrogens is 518 g/mol. The number of anilines is 1. The Hall–Kier alpha value is -3.90. The highest BCUT2D eigenvalue weighted by molar-refractivity contribution is 5.88. The van der Waals surface area contributed by atoms with Gasteiger partial charge in [0.25, 0.3) is 0 Å². The fraction of sp³-hybridized carbons (Fsp3) is 0.500. The third-order valence-corrected chi connectivity index (χ3v) is 8.09. The second-order valence-corrected chi connectivity index (χ2v) is 11.3. The van der Waals surface area contributed by atoms with E-state index in [1.807, 2.05) is 54.6 Å². The summed E-state index contributed by atoms with van der Waals surface area (Å²) < 4.78 is 5.46. The van der Waals surface area contributed by atoms with Gasteiger partial charge in [-0.1, -0.05) is 74.6 Å². The summed E-state index contributed by atoms with van der Waals surface area (Å²) in [6.45, 7) is 2.83. The van der Waals surface area contributed by atoms with E-state index in [0.717, 1.165) is 36.1 Å². The number of benzene rings is 2. The number of hydrogen-bond acceptors (Lipinski definition) is 6. The molecule has 1 saturated carbocycles. The van der Waals surface area contributed by atoms with Gasteiger partial charge in [0.1, 0.15) is 12.1 Å². The molecule has 4 rings (SSSR count). The fourth-order valence-corrected chi connectivity index (χ4v) is 5.66. The van der Waals surface area contributed by atoms with Gasteiger partial charge in [-0.3, -0.25) is 9.59 Å². The fourth-order valence-electron chi connectivity index (χ4n) is 5.66. The van der Waals surface area contributed by atoms with Crippen molar-refractivity contribution < 1.29 is 19.1 Å². The first-order chi connectivity index (χ1) is 19.9. The average Bonchev–Trinajstić information content (AvgIpc) is 3.00. The molecule has 0 spiro atoms. The summed E-state index contributed by atoms with van der Waals surface area (Å²) in [5, 5.41) is 19.4. The van der Waals surface area contributed by atoms with E-state index in [4.69, 9.17) is 4.74 Å². The SMILES string of the molecule is CC(=O)Nc1ccc(CNC(CC2CCCCC2)C(=O)NC2(C#N)CCN(C(=O)OCc3ccccc3)CC2)cc1. The molecule has 2 aliphatic rings. The third kappa shape index (κ3) is 9.05. The molecule has 1 unspecified atom stereocenters. The Kier molecular flexibility index (Phi) is 10.7. The van der Waals surface area contributed by atoms with Crippen LogP contribution in [0.5, 0.6) is 0 Å². The first-order valence-electron chi connectivity index (χ1n) is 14.6. The van der Waals surface area contributed by atoms with Crippen molar-refractivity contribution in [1.29, 1.82) is 5.26 Å². The maximum atomic E-state index is 13.6. The van der Waals surface area contributed by atoms with Crippen LogP contribution in [0.15, 0.2) is 54.6 Å². The molecule has 0 radical (unpaired) electrons. The highest BCUT2D eigenvalue weighted by Crippen LogP contribution is 2.28. The summed E-state index contributed by atoms with van der Waals surface area (Å²) in [6, 6.07) is 19.0. The zero-order valence-corrected chi connectivity index (χ0v) is 23.9. The Labute approximate surface area is 242 Å². The maximum absolute atomic E-state index is 13.6. The van der Waals surface area contributed by atoms with E-state index in [2.05, 4.69) is 22.0 Å². The van der Waals surface area contributed by atoms with Crippen LogP contribution in [0.3, 0.4) is 0 Å². The number of nitriles is 1.